The van der Waals surface area contributed by atoms with Gasteiger partial charge in [-0.05, 0) is 48.8 Å². The van der Waals surface area contributed by atoms with Crippen molar-refractivity contribution in [3.8, 4) is 0 Å². The number of aliphatic hydroxyl groups is 1. The van der Waals surface area contributed by atoms with Gasteiger partial charge in [0.2, 0.25) is 0 Å². The predicted molar refractivity (Wildman–Crippen MR) is 67.2 cm³/mol. The van der Waals surface area contributed by atoms with Gasteiger partial charge in [0.1, 0.15) is 11.6 Å². The largest absolute Gasteiger partial charge is 0.390 e. The highest BCUT2D eigenvalue weighted by Crippen LogP contribution is 2.38. The highest BCUT2D eigenvalue weighted by atomic mass is 19.1. The van der Waals surface area contributed by atoms with Crippen LogP contribution in [0, 0.1) is 23.5 Å². The Balaban J connectivity index is 2.16. The fraction of sp³-hybridized carbons (Fsp3) is 0.600. The van der Waals surface area contributed by atoms with E-state index in [1.807, 2.05) is 0 Å². The molecule has 1 aliphatic rings. The van der Waals surface area contributed by atoms with Gasteiger partial charge in [0.25, 0.3) is 0 Å². The molecule has 1 fully saturated rings. The lowest BCUT2D eigenvalue weighted by Crippen LogP contribution is -2.39. The average Bonchev–Trinajstić information content (AvgIpc) is 2.10. The van der Waals surface area contributed by atoms with Crippen molar-refractivity contribution < 1.29 is 13.9 Å². The van der Waals surface area contributed by atoms with Crippen LogP contribution in [0.3, 0.4) is 0 Å². The molecule has 2 unspecified atom stereocenters. The molecule has 1 aromatic rings. The van der Waals surface area contributed by atoms with Crippen molar-refractivity contribution in [3.63, 3.8) is 0 Å². The van der Waals surface area contributed by atoms with Gasteiger partial charge in [-0.3, -0.25) is 0 Å². The molecule has 1 nitrogen and oxygen atoms in total. The minimum absolute atomic E-state index is 0.330. The maximum Gasteiger partial charge on any atom is 0.126 e. The fourth-order valence-electron chi connectivity index (χ4n) is 3.47. The summed E-state index contributed by atoms with van der Waals surface area (Å²) in [5, 5.41) is 10.6. The highest BCUT2D eigenvalue weighted by Gasteiger charge is 2.36. The fourth-order valence-corrected chi connectivity index (χ4v) is 3.47. The normalized spacial score (nSPS) is 32.5. The van der Waals surface area contributed by atoms with E-state index in [1.165, 1.54) is 12.1 Å². The van der Waals surface area contributed by atoms with E-state index in [2.05, 4.69) is 13.8 Å². The summed E-state index contributed by atoms with van der Waals surface area (Å²) in [7, 11) is 0. The summed E-state index contributed by atoms with van der Waals surface area (Å²) in [5.74, 6) is -0.245. The van der Waals surface area contributed by atoms with Gasteiger partial charge in [-0.2, -0.15) is 0 Å². The van der Waals surface area contributed by atoms with E-state index in [0.717, 1.165) is 12.5 Å². The molecule has 1 N–H and O–H groups in total. The summed E-state index contributed by atoms with van der Waals surface area (Å²) in [6, 6.07) is 3.48. The monoisotopic (exact) mass is 254 g/mol. The smallest absolute Gasteiger partial charge is 0.126 e. The molecule has 0 heterocycles. The summed E-state index contributed by atoms with van der Waals surface area (Å²) < 4.78 is 26.3. The Hall–Kier alpha value is -0.960. The van der Waals surface area contributed by atoms with Gasteiger partial charge >= 0.3 is 0 Å². The van der Waals surface area contributed by atoms with E-state index < -0.39 is 17.2 Å². The lowest BCUT2D eigenvalue weighted by atomic mass is 9.71. The van der Waals surface area contributed by atoms with Crippen molar-refractivity contribution in [2.75, 3.05) is 0 Å². The SMILES string of the molecule is CC1CC(C)CC(O)(Cc2cc(F)cc(F)c2)C1. The molecular formula is C15H20F2O. The van der Waals surface area contributed by atoms with Gasteiger partial charge < -0.3 is 5.11 Å². The Bertz CT molecular complexity index is 400. The number of benzene rings is 1. The van der Waals surface area contributed by atoms with Crippen molar-refractivity contribution in [1.29, 1.82) is 0 Å². The third-order valence-corrected chi connectivity index (χ3v) is 3.72. The maximum absolute atomic E-state index is 13.1. The molecule has 3 heteroatoms. The van der Waals surface area contributed by atoms with E-state index in [4.69, 9.17) is 0 Å². The zero-order valence-electron chi connectivity index (χ0n) is 10.9. The summed E-state index contributed by atoms with van der Waals surface area (Å²) >= 11 is 0. The van der Waals surface area contributed by atoms with Crippen molar-refractivity contribution in [2.45, 2.75) is 45.1 Å². The standard InChI is InChI=1S/C15H20F2O/c1-10-3-11(2)8-15(18,7-10)9-12-4-13(16)6-14(17)5-12/h4-6,10-11,18H,3,7-9H2,1-2H3. The third kappa shape index (κ3) is 3.29. The van der Waals surface area contributed by atoms with Crippen molar-refractivity contribution >= 4 is 0 Å². The molecule has 0 aromatic heterocycles. The minimum Gasteiger partial charge on any atom is -0.390 e. The molecule has 0 saturated heterocycles. The predicted octanol–water partition coefficient (Wildman–Crippen LogP) is 3.69. The Morgan fingerprint density at radius 2 is 1.61 bits per heavy atom. The number of hydrogen-bond acceptors (Lipinski definition) is 1. The first kappa shape index (κ1) is 13.5. The molecule has 2 atom stereocenters. The quantitative estimate of drug-likeness (QED) is 0.853. The molecule has 18 heavy (non-hydrogen) atoms. The van der Waals surface area contributed by atoms with Crippen LogP contribution < -0.4 is 0 Å². The van der Waals surface area contributed by atoms with Crippen LogP contribution in [0.5, 0.6) is 0 Å². The van der Waals surface area contributed by atoms with Crippen LogP contribution in [0.25, 0.3) is 0 Å². The van der Waals surface area contributed by atoms with E-state index in [0.29, 0.717) is 36.7 Å². The molecule has 1 saturated carbocycles. The van der Waals surface area contributed by atoms with Crippen molar-refractivity contribution in [3.05, 3.63) is 35.4 Å². The second-order valence-electron chi connectivity index (χ2n) is 6.03. The maximum atomic E-state index is 13.1. The molecule has 1 aliphatic carbocycles. The van der Waals surface area contributed by atoms with E-state index in [-0.39, 0.29) is 0 Å². The first-order valence-electron chi connectivity index (χ1n) is 6.54. The zero-order valence-corrected chi connectivity index (χ0v) is 10.9. The zero-order chi connectivity index (χ0) is 13.3. The van der Waals surface area contributed by atoms with Gasteiger partial charge in [0, 0.05) is 12.5 Å². The van der Waals surface area contributed by atoms with Gasteiger partial charge in [0.15, 0.2) is 0 Å². The summed E-state index contributed by atoms with van der Waals surface area (Å²) in [5.41, 5.74) is -0.284. The third-order valence-electron chi connectivity index (χ3n) is 3.72. The molecular weight excluding hydrogens is 234 g/mol. The van der Waals surface area contributed by atoms with Gasteiger partial charge in [-0.25, -0.2) is 8.78 Å². The minimum atomic E-state index is -0.822. The Labute approximate surface area is 107 Å². The molecule has 2 rings (SSSR count). The first-order valence-corrected chi connectivity index (χ1v) is 6.54. The lowest BCUT2D eigenvalue weighted by molar-refractivity contribution is -0.0305. The summed E-state index contributed by atoms with van der Waals surface area (Å²) in [6.07, 6.45) is 2.85. The molecule has 100 valence electrons. The van der Waals surface area contributed by atoms with Crippen LogP contribution in [-0.4, -0.2) is 10.7 Å². The second kappa shape index (κ2) is 4.96. The molecule has 0 amide bonds. The molecule has 0 bridgehead atoms. The Kier molecular flexibility index (Phi) is 3.71. The van der Waals surface area contributed by atoms with Crippen LogP contribution in [0.2, 0.25) is 0 Å². The van der Waals surface area contributed by atoms with Crippen LogP contribution in [-0.2, 0) is 6.42 Å². The van der Waals surface area contributed by atoms with Crippen LogP contribution in [0.4, 0.5) is 8.78 Å². The van der Waals surface area contributed by atoms with Crippen LogP contribution >= 0.6 is 0 Å². The van der Waals surface area contributed by atoms with Gasteiger partial charge in [0.05, 0.1) is 5.60 Å². The van der Waals surface area contributed by atoms with Gasteiger partial charge in [-0.15, -0.1) is 0 Å². The van der Waals surface area contributed by atoms with Crippen LogP contribution in [0.1, 0.15) is 38.7 Å². The second-order valence-corrected chi connectivity index (χ2v) is 6.03. The molecule has 0 radical (unpaired) electrons. The highest BCUT2D eigenvalue weighted by molar-refractivity contribution is 5.20. The molecule has 1 aromatic carbocycles. The molecule has 0 spiro atoms. The average molecular weight is 254 g/mol. The van der Waals surface area contributed by atoms with Crippen molar-refractivity contribution in [1.82, 2.24) is 0 Å². The number of rotatable bonds is 2. The summed E-state index contributed by atoms with van der Waals surface area (Å²) in [4.78, 5) is 0. The van der Waals surface area contributed by atoms with E-state index >= 15 is 0 Å². The summed E-state index contributed by atoms with van der Waals surface area (Å²) in [6.45, 7) is 4.24. The van der Waals surface area contributed by atoms with E-state index in [9.17, 15) is 13.9 Å². The molecule has 0 aliphatic heterocycles. The first-order chi connectivity index (χ1) is 8.36. The Morgan fingerprint density at radius 1 is 1.11 bits per heavy atom. The number of hydrogen-bond donors (Lipinski definition) is 1. The van der Waals surface area contributed by atoms with Crippen molar-refractivity contribution in [2.24, 2.45) is 11.8 Å². The van der Waals surface area contributed by atoms with E-state index in [1.54, 1.807) is 0 Å². The topological polar surface area (TPSA) is 20.2 Å². The number of halogens is 2. The van der Waals surface area contributed by atoms with Gasteiger partial charge in [-0.1, -0.05) is 13.8 Å². The Morgan fingerprint density at radius 3 is 2.11 bits per heavy atom. The van der Waals surface area contributed by atoms with Crippen LogP contribution in [0.15, 0.2) is 18.2 Å². The lowest BCUT2D eigenvalue weighted by Gasteiger charge is -2.39.